The van der Waals surface area contributed by atoms with E-state index in [1.165, 1.54) is 52.9 Å². The topological polar surface area (TPSA) is 335 Å². The number of fused-ring (bicyclic) bond motifs is 6. The smallest absolute Gasteiger partial charge is 0.480 e. The summed E-state index contributed by atoms with van der Waals surface area (Å²) in [6.45, 7) is 3.30. The molecule has 0 radical (unpaired) electrons. The molecule has 0 spiro atoms. The lowest BCUT2D eigenvalue weighted by molar-refractivity contribution is -0.224. The number of nitrogens with one attached hydrogen (secondary N) is 4. The molecule has 10 N–H and O–H groups in total. The van der Waals surface area contributed by atoms with Gasteiger partial charge < -0.3 is 51.6 Å². The van der Waals surface area contributed by atoms with Crippen molar-refractivity contribution in [3.05, 3.63) is 75.9 Å². The molecule has 2 amide bonds. The fourth-order valence-electron chi connectivity index (χ4n) is 11.0. The van der Waals surface area contributed by atoms with E-state index in [2.05, 4.69) is 35.9 Å². The van der Waals surface area contributed by atoms with Gasteiger partial charge in [0.25, 0.3) is 11.5 Å². The number of aliphatic hydroxyl groups excluding tert-OH is 2. The van der Waals surface area contributed by atoms with Crippen LogP contribution in [0.4, 0.5) is 25.2 Å². The number of alkyl halides is 2. The molecule has 72 heavy (non-hydrogen) atoms. The van der Waals surface area contributed by atoms with Crippen LogP contribution in [0.2, 0.25) is 0 Å². The molecule has 4 aliphatic rings. The number of amides is 2. The number of aromatic nitrogens is 4. The van der Waals surface area contributed by atoms with Crippen LogP contribution in [-0.4, -0.2) is 143 Å². The summed E-state index contributed by atoms with van der Waals surface area (Å²) < 4.78 is 43.4. The number of carbonyl (C=O) groups excluding carboxylic acids is 5. The highest BCUT2D eigenvalue weighted by Crippen LogP contribution is 2.71. The van der Waals surface area contributed by atoms with Gasteiger partial charge in [-0.25, -0.2) is 28.3 Å². The maximum Gasteiger partial charge on any atom is 0.508 e. The molecule has 3 fully saturated rings. The predicted octanol–water partition coefficient (Wildman–Crippen LogP) is 2.75. The normalized spacial score (nSPS) is 29.1. The number of anilines is 2. The van der Waals surface area contributed by atoms with E-state index in [0.717, 1.165) is 12.2 Å². The number of benzene rings is 1. The first-order valence-corrected chi connectivity index (χ1v) is 25.6. The molecule has 25 heteroatoms. The number of aromatic amines is 1. The number of halogens is 2. The standard InChI is InChI=1S/C47H56F2N8O13S2/c1-23-14-29-30-16-32(48)31-15-28(59)10-11-44(31,2)46(30,49)34(60)17-45(29,3)47(23,68)35(61)21-70-43(67)69-12-13-71-72-22-27(20-58)53-36(62)9-8-33(41(65)66)55-39(63)24-4-6-25(7-5-24)51-18-26-19-52-38-37(54-26)40(64)57-42(50)56-38/h4-7,10-11,15,19,23,27,29-30,32-34,51,58,60,68H,8-9,12-14,16-18,20-22H2,1-3H3,(H,53,62)(H,55,63)(H,65,66)(H3,50,52,56,57,64). The van der Waals surface area contributed by atoms with Gasteiger partial charge in [-0.15, -0.1) is 0 Å². The Hall–Kier alpha value is -6.02. The minimum Gasteiger partial charge on any atom is -0.480 e. The zero-order chi connectivity index (χ0) is 52.3. The van der Waals surface area contributed by atoms with Crippen molar-refractivity contribution in [3.8, 4) is 0 Å². The van der Waals surface area contributed by atoms with Crippen molar-refractivity contribution in [2.24, 2.45) is 28.6 Å². The predicted molar refractivity (Wildman–Crippen MR) is 259 cm³/mol. The third-order valence-electron chi connectivity index (χ3n) is 14.7. The summed E-state index contributed by atoms with van der Waals surface area (Å²) in [6, 6.07) is 3.95. The van der Waals surface area contributed by atoms with Gasteiger partial charge in [-0.3, -0.25) is 29.0 Å². The first-order chi connectivity index (χ1) is 34.0. The Morgan fingerprint density at radius 3 is 2.49 bits per heavy atom. The van der Waals surface area contributed by atoms with Crippen LogP contribution < -0.4 is 27.2 Å². The van der Waals surface area contributed by atoms with Gasteiger partial charge in [0.2, 0.25) is 17.6 Å². The molecule has 0 bridgehead atoms. The fourth-order valence-corrected chi connectivity index (χ4v) is 13.0. The van der Waals surface area contributed by atoms with E-state index in [1.807, 2.05) is 0 Å². The molecule has 7 rings (SSSR count). The van der Waals surface area contributed by atoms with Crippen LogP contribution in [0.5, 0.6) is 0 Å². The Kier molecular flexibility index (Phi) is 16.1. The third-order valence-corrected chi connectivity index (χ3v) is 17.1. The first-order valence-electron chi connectivity index (χ1n) is 23.1. The molecule has 2 heterocycles. The number of nitrogen functional groups attached to an aromatic ring is 1. The van der Waals surface area contributed by atoms with Gasteiger partial charge in [0.05, 0.1) is 37.2 Å². The molecule has 1 aromatic carbocycles. The van der Waals surface area contributed by atoms with Gasteiger partial charge >= 0.3 is 12.1 Å². The molecule has 21 nitrogen and oxygen atoms in total. The monoisotopic (exact) mass is 1040 g/mol. The van der Waals surface area contributed by atoms with Crippen LogP contribution >= 0.6 is 21.6 Å². The highest BCUT2D eigenvalue weighted by molar-refractivity contribution is 8.76. The molecule has 0 aliphatic heterocycles. The van der Waals surface area contributed by atoms with Crippen LogP contribution in [0.25, 0.3) is 11.2 Å². The molecule has 3 saturated carbocycles. The number of ether oxygens (including phenoxy) is 2. The fraction of sp³-hybridized carbons (Fsp3) is 0.532. The molecular weight excluding hydrogens is 987 g/mol. The number of carbonyl (C=O) groups is 6. The Morgan fingerprint density at radius 1 is 1.04 bits per heavy atom. The van der Waals surface area contributed by atoms with Crippen LogP contribution in [-0.2, 0) is 35.2 Å². The summed E-state index contributed by atoms with van der Waals surface area (Å²) in [5.41, 5.74) is -1.39. The number of allylic oxidation sites excluding steroid dienone is 4. The number of nitrogens with zero attached hydrogens (tertiary/aromatic N) is 3. The van der Waals surface area contributed by atoms with Crippen molar-refractivity contribution >= 4 is 79.9 Å². The van der Waals surface area contributed by atoms with Crippen molar-refractivity contribution < 1.29 is 67.4 Å². The molecular formula is C47H56F2N8O13S2. The van der Waals surface area contributed by atoms with Gasteiger partial charge in [-0.1, -0.05) is 41.5 Å². The van der Waals surface area contributed by atoms with Crippen molar-refractivity contribution in [3.63, 3.8) is 0 Å². The lowest BCUT2D eigenvalue weighted by Gasteiger charge is -2.63. The van der Waals surface area contributed by atoms with Crippen LogP contribution in [0, 0.1) is 28.6 Å². The molecule has 11 unspecified atom stereocenters. The Morgan fingerprint density at radius 2 is 1.78 bits per heavy atom. The van der Waals surface area contributed by atoms with Gasteiger partial charge in [-0.2, -0.15) is 4.98 Å². The third kappa shape index (κ3) is 10.4. The summed E-state index contributed by atoms with van der Waals surface area (Å²) in [7, 11) is 2.45. The summed E-state index contributed by atoms with van der Waals surface area (Å²) in [5.74, 6) is -6.28. The van der Waals surface area contributed by atoms with E-state index in [4.69, 9.17) is 15.2 Å². The Labute approximate surface area is 418 Å². The lowest BCUT2D eigenvalue weighted by Crippen LogP contribution is -2.70. The average Bonchev–Trinajstić information content (AvgIpc) is 3.54. The minimum atomic E-state index is -2.39. The molecule has 388 valence electrons. The lowest BCUT2D eigenvalue weighted by atomic mass is 9.44. The van der Waals surface area contributed by atoms with Crippen molar-refractivity contribution in [1.82, 2.24) is 30.6 Å². The van der Waals surface area contributed by atoms with E-state index >= 15 is 8.78 Å². The van der Waals surface area contributed by atoms with E-state index in [-0.39, 0.29) is 85.0 Å². The van der Waals surface area contributed by atoms with E-state index in [9.17, 15) is 54.0 Å². The van der Waals surface area contributed by atoms with Gasteiger partial charge in [-0.05, 0) is 86.4 Å². The number of Topliss-reactive ketones (excluding diaryl/α,β-unsaturated/α-hetero) is 1. The second-order valence-electron chi connectivity index (χ2n) is 18.9. The average molecular weight is 1040 g/mol. The summed E-state index contributed by atoms with van der Waals surface area (Å²) in [5, 5.41) is 51.4. The second-order valence-corrected chi connectivity index (χ2v) is 21.6. The summed E-state index contributed by atoms with van der Waals surface area (Å²) in [4.78, 5) is 103. The zero-order valence-corrected chi connectivity index (χ0v) is 41.0. The number of nitrogens with two attached hydrogens (primary N) is 1. The van der Waals surface area contributed by atoms with E-state index in [0.29, 0.717) is 11.4 Å². The second kappa shape index (κ2) is 21.6. The Bertz CT molecular complexity index is 2740. The number of aliphatic carboxylic acids is 1. The van der Waals surface area contributed by atoms with Crippen LogP contribution in [0.15, 0.2) is 59.1 Å². The largest absolute Gasteiger partial charge is 0.508 e. The molecule has 3 aromatic rings. The zero-order valence-electron chi connectivity index (χ0n) is 39.4. The van der Waals surface area contributed by atoms with Gasteiger partial charge in [0, 0.05) is 45.9 Å². The van der Waals surface area contributed by atoms with E-state index in [1.54, 1.807) is 26.0 Å². The summed E-state index contributed by atoms with van der Waals surface area (Å²) >= 11 is 0. The van der Waals surface area contributed by atoms with Crippen molar-refractivity contribution in [2.75, 3.05) is 42.4 Å². The number of carboxylic acids is 1. The number of rotatable bonds is 20. The molecule has 0 saturated heterocycles. The highest BCUT2D eigenvalue weighted by atomic mass is 33.1. The van der Waals surface area contributed by atoms with E-state index < -0.39 is 118 Å². The SMILES string of the molecule is CC1CC2C3CC(F)C4=CC(=O)C=CC4(C)C3(F)C(O)CC2(C)C1(O)C(=O)COC(=O)OCCSSCC(CO)NC(=O)CCC(NC(=O)c1ccc(NCc2cnc3nc(N)[nH]c(=O)c3n2)cc1)C(=O)O. The number of ketones is 2. The molecule has 11 atom stereocenters. The minimum absolute atomic E-state index is 0.0167. The van der Waals surface area contributed by atoms with Crippen LogP contribution in [0.1, 0.15) is 68.9 Å². The number of hydrogen-bond acceptors (Lipinski definition) is 19. The maximum absolute atomic E-state index is 17.5. The number of carboxylic acid groups (broad SMARTS) is 1. The number of aliphatic hydroxyl groups is 3. The van der Waals surface area contributed by atoms with Crippen molar-refractivity contribution in [1.29, 1.82) is 0 Å². The van der Waals surface area contributed by atoms with Gasteiger partial charge in [0.15, 0.2) is 29.2 Å². The number of H-pyrrole nitrogens is 1. The first kappa shape index (κ1) is 53.8. The quantitative estimate of drug-likeness (QED) is 0.0446. The van der Waals surface area contributed by atoms with Crippen LogP contribution in [0.3, 0.4) is 0 Å². The van der Waals surface area contributed by atoms with Gasteiger partial charge in [0.1, 0.15) is 24.4 Å². The Balaban J connectivity index is 0.794. The highest BCUT2D eigenvalue weighted by Gasteiger charge is 2.76. The number of hydrogen-bond donors (Lipinski definition) is 9. The summed E-state index contributed by atoms with van der Waals surface area (Å²) in [6.07, 6.45) is -0.765. The van der Waals surface area contributed by atoms with Crippen molar-refractivity contribution in [2.45, 2.75) is 95.0 Å². The molecule has 2 aromatic heterocycles. The molecule has 4 aliphatic carbocycles. The maximum atomic E-state index is 17.5.